The van der Waals surface area contributed by atoms with Crippen molar-refractivity contribution in [3.05, 3.63) is 17.7 Å². The lowest BCUT2D eigenvalue weighted by atomic mass is 9.88. The van der Waals surface area contributed by atoms with E-state index in [1.54, 1.807) is 0 Å². The molecule has 0 atom stereocenters. The van der Waals surface area contributed by atoms with E-state index in [4.69, 9.17) is 4.98 Å². The molecule has 0 unspecified atom stereocenters. The van der Waals surface area contributed by atoms with Gasteiger partial charge in [0.2, 0.25) is 0 Å². The van der Waals surface area contributed by atoms with E-state index in [1.165, 1.54) is 69.3 Å². The molecule has 0 radical (unpaired) electrons. The summed E-state index contributed by atoms with van der Waals surface area (Å²) < 4.78 is 2.54. The molecule has 0 aliphatic heterocycles. The Balaban J connectivity index is 1.86. The largest absolute Gasteiger partial charge is 0.331 e. The molecule has 1 aromatic heterocycles. The molecule has 2 nitrogen and oxygen atoms in total. The van der Waals surface area contributed by atoms with Crippen molar-refractivity contribution in [3.8, 4) is 0 Å². The van der Waals surface area contributed by atoms with Crippen molar-refractivity contribution in [1.82, 2.24) is 9.55 Å². The molecule has 0 N–H and O–H groups in total. The van der Waals surface area contributed by atoms with Crippen LogP contribution < -0.4 is 0 Å². The topological polar surface area (TPSA) is 17.8 Å². The Kier molecular flexibility index (Phi) is 3.21. The minimum atomic E-state index is 0.748. The molecule has 94 valence electrons. The van der Waals surface area contributed by atoms with E-state index < -0.39 is 0 Å². The van der Waals surface area contributed by atoms with Crippen molar-refractivity contribution in [2.45, 2.75) is 76.7 Å². The van der Waals surface area contributed by atoms with Crippen LogP contribution in [0.4, 0.5) is 0 Å². The van der Waals surface area contributed by atoms with Gasteiger partial charge in [0.25, 0.3) is 0 Å². The first-order valence-corrected chi connectivity index (χ1v) is 7.40. The lowest BCUT2D eigenvalue weighted by Gasteiger charge is -2.24. The molecule has 0 aromatic carbocycles. The van der Waals surface area contributed by atoms with E-state index in [2.05, 4.69) is 17.7 Å². The molecule has 2 aliphatic rings. The van der Waals surface area contributed by atoms with Gasteiger partial charge in [-0.2, -0.15) is 0 Å². The van der Waals surface area contributed by atoms with E-state index in [1.807, 2.05) is 0 Å². The van der Waals surface area contributed by atoms with Gasteiger partial charge in [-0.3, -0.25) is 0 Å². The SMILES string of the molecule is Cc1cn(C2CCCC2)c(C2CCCCC2)n1. The number of hydrogen-bond donors (Lipinski definition) is 0. The van der Waals surface area contributed by atoms with E-state index in [0.717, 1.165) is 12.0 Å². The zero-order valence-corrected chi connectivity index (χ0v) is 11.0. The van der Waals surface area contributed by atoms with E-state index in [-0.39, 0.29) is 0 Å². The summed E-state index contributed by atoms with van der Waals surface area (Å²) in [6.07, 6.45) is 14.8. The fourth-order valence-electron chi connectivity index (χ4n) is 3.67. The summed E-state index contributed by atoms with van der Waals surface area (Å²) in [6, 6.07) is 0.758. The van der Waals surface area contributed by atoms with Gasteiger partial charge in [0.05, 0.1) is 5.69 Å². The van der Waals surface area contributed by atoms with Gasteiger partial charge in [-0.1, -0.05) is 32.1 Å². The van der Waals surface area contributed by atoms with Crippen LogP contribution in [0.15, 0.2) is 6.20 Å². The zero-order chi connectivity index (χ0) is 11.7. The number of hydrogen-bond acceptors (Lipinski definition) is 1. The van der Waals surface area contributed by atoms with Crippen LogP contribution in [-0.4, -0.2) is 9.55 Å². The van der Waals surface area contributed by atoms with Crippen LogP contribution in [0, 0.1) is 6.92 Å². The average Bonchev–Trinajstić information content (AvgIpc) is 2.98. The Morgan fingerprint density at radius 1 is 1.00 bits per heavy atom. The molecule has 3 rings (SSSR count). The number of imidazole rings is 1. The van der Waals surface area contributed by atoms with Crippen LogP contribution in [0.5, 0.6) is 0 Å². The van der Waals surface area contributed by atoms with E-state index in [0.29, 0.717) is 0 Å². The predicted octanol–water partition coefficient (Wildman–Crippen LogP) is 4.35. The Labute approximate surface area is 104 Å². The number of rotatable bonds is 2. The van der Waals surface area contributed by atoms with E-state index >= 15 is 0 Å². The zero-order valence-electron chi connectivity index (χ0n) is 11.0. The fourth-order valence-corrected chi connectivity index (χ4v) is 3.67. The van der Waals surface area contributed by atoms with Crippen LogP contribution in [0.25, 0.3) is 0 Å². The van der Waals surface area contributed by atoms with Gasteiger partial charge in [-0.05, 0) is 32.6 Å². The number of aryl methyl sites for hydroxylation is 1. The molecule has 0 spiro atoms. The maximum Gasteiger partial charge on any atom is 0.112 e. The maximum absolute atomic E-state index is 4.84. The molecule has 17 heavy (non-hydrogen) atoms. The van der Waals surface area contributed by atoms with Crippen molar-refractivity contribution in [3.63, 3.8) is 0 Å². The molecule has 2 fully saturated rings. The maximum atomic E-state index is 4.84. The summed E-state index contributed by atoms with van der Waals surface area (Å²) in [7, 11) is 0. The first-order chi connectivity index (χ1) is 8.34. The highest BCUT2D eigenvalue weighted by molar-refractivity contribution is 5.10. The normalized spacial score (nSPS) is 23.4. The fraction of sp³-hybridized carbons (Fsp3) is 0.800. The second-order valence-corrected chi connectivity index (χ2v) is 5.92. The van der Waals surface area contributed by atoms with Crippen molar-refractivity contribution in [1.29, 1.82) is 0 Å². The highest BCUT2D eigenvalue weighted by atomic mass is 15.1. The molecule has 1 heterocycles. The second kappa shape index (κ2) is 4.83. The van der Waals surface area contributed by atoms with Gasteiger partial charge in [0.1, 0.15) is 5.82 Å². The van der Waals surface area contributed by atoms with Gasteiger partial charge in [0, 0.05) is 18.2 Å². The Morgan fingerprint density at radius 2 is 1.65 bits per heavy atom. The summed E-state index contributed by atoms with van der Waals surface area (Å²) in [6.45, 7) is 2.15. The quantitative estimate of drug-likeness (QED) is 0.741. The molecule has 2 saturated carbocycles. The monoisotopic (exact) mass is 232 g/mol. The van der Waals surface area contributed by atoms with Crippen LogP contribution >= 0.6 is 0 Å². The Morgan fingerprint density at radius 3 is 2.35 bits per heavy atom. The molecule has 0 saturated heterocycles. The first-order valence-electron chi connectivity index (χ1n) is 7.40. The molecular weight excluding hydrogens is 208 g/mol. The van der Waals surface area contributed by atoms with Gasteiger partial charge in [-0.25, -0.2) is 4.98 Å². The van der Waals surface area contributed by atoms with Gasteiger partial charge >= 0.3 is 0 Å². The summed E-state index contributed by atoms with van der Waals surface area (Å²) >= 11 is 0. The Hall–Kier alpha value is -0.790. The smallest absolute Gasteiger partial charge is 0.112 e. The second-order valence-electron chi connectivity index (χ2n) is 5.92. The molecule has 2 heteroatoms. The third kappa shape index (κ3) is 2.27. The van der Waals surface area contributed by atoms with Gasteiger partial charge in [-0.15, -0.1) is 0 Å². The van der Waals surface area contributed by atoms with E-state index in [9.17, 15) is 0 Å². The minimum absolute atomic E-state index is 0.748. The number of nitrogens with zero attached hydrogens (tertiary/aromatic N) is 2. The Bertz CT molecular complexity index is 368. The van der Waals surface area contributed by atoms with Crippen LogP contribution in [-0.2, 0) is 0 Å². The van der Waals surface area contributed by atoms with Crippen LogP contribution in [0.1, 0.15) is 81.3 Å². The third-order valence-corrected chi connectivity index (χ3v) is 4.57. The van der Waals surface area contributed by atoms with Crippen LogP contribution in [0.2, 0.25) is 0 Å². The summed E-state index contributed by atoms with van der Waals surface area (Å²) in [4.78, 5) is 4.84. The standard InChI is InChI=1S/C15H24N2/c1-12-11-17(14-9-5-6-10-14)15(16-12)13-7-3-2-4-8-13/h11,13-14H,2-10H2,1H3. The van der Waals surface area contributed by atoms with Crippen molar-refractivity contribution in [2.75, 3.05) is 0 Å². The van der Waals surface area contributed by atoms with Crippen molar-refractivity contribution >= 4 is 0 Å². The predicted molar refractivity (Wildman–Crippen MR) is 70.3 cm³/mol. The van der Waals surface area contributed by atoms with Gasteiger partial charge in [0.15, 0.2) is 0 Å². The molecule has 2 aliphatic carbocycles. The lowest BCUT2D eigenvalue weighted by molar-refractivity contribution is 0.395. The number of aromatic nitrogens is 2. The third-order valence-electron chi connectivity index (χ3n) is 4.57. The van der Waals surface area contributed by atoms with Gasteiger partial charge < -0.3 is 4.57 Å². The lowest BCUT2D eigenvalue weighted by Crippen LogP contribution is -2.14. The highest BCUT2D eigenvalue weighted by Crippen LogP contribution is 2.37. The summed E-state index contributed by atoms with van der Waals surface area (Å²) in [5, 5.41) is 0. The average molecular weight is 232 g/mol. The minimum Gasteiger partial charge on any atom is -0.331 e. The first kappa shape index (κ1) is 11.3. The van der Waals surface area contributed by atoms with Crippen molar-refractivity contribution < 1.29 is 0 Å². The highest BCUT2D eigenvalue weighted by Gasteiger charge is 2.25. The molecular formula is C15H24N2. The molecule has 0 amide bonds. The summed E-state index contributed by atoms with van der Waals surface area (Å²) in [5.41, 5.74) is 1.22. The molecule has 0 bridgehead atoms. The molecule has 1 aromatic rings. The summed E-state index contributed by atoms with van der Waals surface area (Å²) in [5.74, 6) is 2.16. The van der Waals surface area contributed by atoms with Crippen molar-refractivity contribution in [2.24, 2.45) is 0 Å². The van der Waals surface area contributed by atoms with Crippen LogP contribution in [0.3, 0.4) is 0 Å².